The van der Waals surface area contributed by atoms with Crippen molar-refractivity contribution >= 4 is 17.2 Å². The first kappa shape index (κ1) is 13.4. The molecule has 1 amide bonds. The third-order valence-corrected chi connectivity index (χ3v) is 4.73. The summed E-state index contributed by atoms with van der Waals surface area (Å²) in [6.07, 6.45) is 7.33. The standard InChI is InChI=1S/C16H19NO2S/c18-16(8-1-4-12-5-3-11-20-12)17-14-6-2-7-15-13(14)9-10-19-15/h3,5,9-11,14H,1-2,4,6-8H2,(H,17,18). The van der Waals surface area contributed by atoms with E-state index in [1.807, 2.05) is 6.07 Å². The highest BCUT2D eigenvalue weighted by molar-refractivity contribution is 7.09. The van der Waals surface area contributed by atoms with Gasteiger partial charge >= 0.3 is 0 Å². The van der Waals surface area contributed by atoms with Crippen LogP contribution in [0.2, 0.25) is 0 Å². The van der Waals surface area contributed by atoms with E-state index in [-0.39, 0.29) is 11.9 Å². The fraction of sp³-hybridized carbons (Fsp3) is 0.438. The number of furan rings is 1. The van der Waals surface area contributed by atoms with Crippen LogP contribution in [0.1, 0.15) is 47.9 Å². The number of hydrogen-bond acceptors (Lipinski definition) is 3. The van der Waals surface area contributed by atoms with Crippen molar-refractivity contribution in [3.05, 3.63) is 46.0 Å². The second-order valence-electron chi connectivity index (χ2n) is 5.24. The van der Waals surface area contributed by atoms with E-state index in [4.69, 9.17) is 4.42 Å². The molecule has 2 aromatic rings. The average Bonchev–Trinajstić information content (AvgIpc) is 3.09. The molecule has 0 saturated carbocycles. The molecular weight excluding hydrogens is 270 g/mol. The van der Waals surface area contributed by atoms with Crippen LogP contribution in [0.25, 0.3) is 0 Å². The van der Waals surface area contributed by atoms with E-state index in [2.05, 4.69) is 22.8 Å². The fourth-order valence-corrected chi connectivity index (χ4v) is 3.53. The molecule has 1 aliphatic carbocycles. The number of nitrogens with one attached hydrogen (secondary N) is 1. The fourth-order valence-electron chi connectivity index (χ4n) is 2.78. The average molecular weight is 289 g/mol. The Hall–Kier alpha value is -1.55. The summed E-state index contributed by atoms with van der Waals surface area (Å²) < 4.78 is 5.45. The van der Waals surface area contributed by atoms with Crippen molar-refractivity contribution in [2.45, 2.75) is 44.6 Å². The molecule has 2 aromatic heterocycles. The van der Waals surface area contributed by atoms with Crippen LogP contribution in [0.4, 0.5) is 0 Å². The summed E-state index contributed by atoms with van der Waals surface area (Å²) in [5.41, 5.74) is 1.17. The highest BCUT2D eigenvalue weighted by Crippen LogP contribution is 2.30. The molecule has 0 aliphatic heterocycles. The molecule has 20 heavy (non-hydrogen) atoms. The van der Waals surface area contributed by atoms with Gasteiger partial charge in [0.05, 0.1) is 12.3 Å². The predicted octanol–water partition coefficient (Wildman–Crippen LogP) is 3.86. The molecule has 0 bridgehead atoms. The monoisotopic (exact) mass is 289 g/mol. The van der Waals surface area contributed by atoms with Gasteiger partial charge in [-0.3, -0.25) is 4.79 Å². The van der Waals surface area contributed by atoms with E-state index < -0.39 is 0 Å². The lowest BCUT2D eigenvalue weighted by molar-refractivity contribution is -0.122. The maximum Gasteiger partial charge on any atom is 0.220 e. The molecule has 0 saturated heterocycles. The quantitative estimate of drug-likeness (QED) is 0.908. The minimum atomic E-state index is 0.145. The van der Waals surface area contributed by atoms with Gasteiger partial charge in [0.25, 0.3) is 0 Å². The predicted molar refractivity (Wildman–Crippen MR) is 79.8 cm³/mol. The van der Waals surface area contributed by atoms with Gasteiger partial charge in [-0.15, -0.1) is 11.3 Å². The Balaban J connectivity index is 1.48. The molecule has 0 fully saturated rings. The Labute approximate surface area is 123 Å². The van der Waals surface area contributed by atoms with Crippen LogP contribution in [-0.2, 0) is 17.6 Å². The van der Waals surface area contributed by atoms with E-state index in [0.29, 0.717) is 6.42 Å². The van der Waals surface area contributed by atoms with E-state index in [9.17, 15) is 4.79 Å². The topological polar surface area (TPSA) is 42.2 Å². The Morgan fingerprint density at radius 1 is 1.45 bits per heavy atom. The Morgan fingerprint density at radius 2 is 2.40 bits per heavy atom. The molecule has 0 aromatic carbocycles. The van der Waals surface area contributed by atoms with Crippen molar-refractivity contribution in [1.82, 2.24) is 5.32 Å². The van der Waals surface area contributed by atoms with Crippen molar-refractivity contribution in [3.63, 3.8) is 0 Å². The van der Waals surface area contributed by atoms with Gasteiger partial charge in [0.15, 0.2) is 0 Å². The lowest BCUT2D eigenvalue weighted by Gasteiger charge is -2.22. The zero-order chi connectivity index (χ0) is 13.8. The van der Waals surface area contributed by atoms with Gasteiger partial charge in [-0.05, 0) is 43.2 Å². The number of carbonyl (C=O) groups excluding carboxylic acids is 1. The summed E-state index contributed by atoms with van der Waals surface area (Å²) in [6, 6.07) is 6.32. The molecule has 3 rings (SSSR count). The first-order chi connectivity index (χ1) is 9.83. The van der Waals surface area contributed by atoms with Crippen molar-refractivity contribution in [2.75, 3.05) is 0 Å². The molecule has 3 nitrogen and oxygen atoms in total. The molecular formula is C16H19NO2S. The number of hydrogen-bond donors (Lipinski definition) is 1. The lowest BCUT2D eigenvalue weighted by Crippen LogP contribution is -2.30. The second kappa shape index (κ2) is 6.27. The zero-order valence-corrected chi connectivity index (χ0v) is 12.2. The summed E-state index contributed by atoms with van der Waals surface area (Å²) in [5.74, 6) is 1.20. The maximum atomic E-state index is 12.0. The van der Waals surface area contributed by atoms with Gasteiger partial charge in [0.2, 0.25) is 5.91 Å². The third-order valence-electron chi connectivity index (χ3n) is 3.79. The third kappa shape index (κ3) is 3.12. The number of carbonyl (C=O) groups is 1. The van der Waals surface area contributed by atoms with Crippen molar-refractivity contribution < 1.29 is 9.21 Å². The van der Waals surface area contributed by atoms with Crippen molar-refractivity contribution in [3.8, 4) is 0 Å². The normalized spacial score (nSPS) is 17.7. The Kier molecular flexibility index (Phi) is 4.21. The number of aryl methyl sites for hydroxylation is 2. The first-order valence-corrected chi connectivity index (χ1v) is 8.09. The van der Waals surface area contributed by atoms with E-state index in [1.54, 1.807) is 17.6 Å². The van der Waals surface area contributed by atoms with Gasteiger partial charge in [0.1, 0.15) is 5.76 Å². The zero-order valence-electron chi connectivity index (χ0n) is 11.4. The van der Waals surface area contributed by atoms with Gasteiger partial charge < -0.3 is 9.73 Å². The Morgan fingerprint density at radius 3 is 3.25 bits per heavy atom. The molecule has 2 heterocycles. The van der Waals surface area contributed by atoms with Gasteiger partial charge in [-0.25, -0.2) is 0 Å². The van der Waals surface area contributed by atoms with Gasteiger partial charge in [0, 0.05) is 23.3 Å². The van der Waals surface area contributed by atoms with E-state index in [0.717, 1.165) is 37.9 Å². The number of fused-ring (bicyclic) bond motifs is 1. The number of amides is 1. The van der Waals surface area contributed by atoms with Crippen molar-refractivity contribution in [1.29, 1.82) is 0 Å². The summed E-state index contributed by atoms with van der Waals surface area (Å²) in [4.78, 5) is 13.4. The number of rotatable bonds is 5. The van der Waals surface area contributed by atoms with E-state index >= 15 is 0 Å². The summed E-state index contributed by atoms with van der Waals surface area (Å²) in [5, 5.41) is 5.23. The van der Waals surface area contributed by atoms with Crippen LogP contribution in [-0.4, -0.2) is 5.91 Å². The summed E-state index contributed by atoms with van der Waals surface area (Å²) in [7, 11) is 0. The van der Waals surface area contributed by atoms with E-state index in [1.165, 1.54) is 10.4 Å². The van der Waals surface area contributed by atoms with Crippen LogP contribution >= 0.6 is 11.3 Å². The largest absolute Gasteiger partial charge is 0.469 e. The maximum absolute atomic E-state index is 12.0. The van der Waals surface area contributed by atoms with Crippen LogP contribution in [0.3, 0.4) is 0 Å². The summed E-state index contributed by atoms with van der Waals surface area (Å²) >= 11 is 1.76. The molecule has 0 radical (unpaired) electrons. The lowest BCUT2D eigenvalue weighted by atomic mass is 9.93. The van der Waals surface area contributed by atoms with Crippen LogP contribution < -0.4 is 5.32 Å². The first-order valence-electron chi connectivity index (χ1n) is 7.21. The summed E-state index contributed by atoms with van der Waals surface area (Å²) in [6.45, 7) is 0. The molecule has 4 heteroatoms. The van der Waals surface area contributed by atoms with Crippen LogP contribution in [0.15, 0.2) is 34.3 Å². The van der Waals surface area contributed by atoms with Gasteiger partial charge in [-0.1, -0.05) is 6.07 Å². The highest BCUT2D eigenvalue weighted by Gasteiger charge is 2.23. The SMILES string of the molecule is O=C(CCCc1cccs1)NC1CCCc2occc21. The second-order valence-corrected chi connectivity index (χ2v) is 6.28. The van der Waals surface area contributed by atoms with Gasteiger partial charge in [-0.2, -0.15) is 0 Å². The van der Waals surface area contributed by atoms with Crippen molar-refractivity contribution in [2.24, 2.45) is 0 Å². The number of thiophene rings is 1. The molecule has 106 valence electrons. The smallest absolute Gasteiger partial charge is 0.220 e. The van der Waals surface area contributed by atoms with Crippen LogP contribution in [0.5, 0.6) is 0 Å². The Bertz CT molecular complexity index is 559. The molecule has 1 atom stereocenters. The molecule has 1 unspecified atom stereocenters. The van der Waals surface area contributed by atoms with Crippen LogP contribution in [0, 0.1) is 0 Å². The minimum Gasteiger partial charge on any atom is -0.469 e. The molecule has 1 aliphatic rings. The molecule has 1 N–H and O–H groups in total. The molecule has 0 spiro atoms. The highest BCUT2D eigenvalue weighted by atomic mass is 32.1. The minimum absolute atomic E-state index is 0.145.